The van der Waals surface area contributed by atoms with Crippen LogP contribution in [-0.2, 0) is 20.8 Å². The summed E-state index contributed by atoms with van der Waals surface area (Å²) >= 11 is 4.30. The summed E-state index contributed by atoms with van der Waals surface area (Å²) in [6, 6.07) is 3.00. The van der Waals surface area contributed by atoms with Gasteiger partial charge < -0.3 is 10.4 Å². The number of amides is 2. The summed E-state index contributed by atoms with van der Waals surface area (Å²) in [5.41, 5.74) is 1.23. The highest BCUT2D eigenvalue weighted by atomic mass is 32.2. The van der Waals surface area contributed by atoms with Crippen molar-refractivity contribution >= 4 is 63.7 Å². The largest absolute Gasteiger partial charge is 0.477 e. The molecule has 3 aromatic heterocycles. The van der Waals surface area contributed by atoms with E-state index in [0.29, 0.717) is 27.8 Å². The number of carbonyl (C=O) groups excluding carboxylic acids is 2. The summed E-state index contributed by atoms with van der Waals surface area (Å²) in [7, 11) is 0. The maximum atomic E-state index is 12.8. The number of H-pyrrole nitrogens is 1. The SMILES string of the molecule is O=C(Cc1cccs1)NC1C(=O)N2C(C(=O)O)=C(CSc3ncnc4[nH]ncc34)CS[C@H]12. The van der Waals surface area contributed by atoms with Gasteiger partial charge in [0.25, 0.3) is 5.91 Å². The number of hydrogen-bond donors (Lipinski definition) is 3. The summed E-state index contributed by atoms with van der Waals surface area (Å²) in [5.74, 6) is -1.00. The molecule has 10 nitrogen and oxygen atoms in total. The second-order valence-corrected chi connectivity index (χ2v) is 10.2. The Morgan fingerprint density at radius 1 is 1.38 bits per heavy atom. The van der Waals surface area contributed by atoms with Crippen LogP contribution in [-0.4, -0.2) is 70.9 Å². The fourth-order valence-electron chi connectivity index (χ4n) is 3.60. The van der Waals surface area contributed by atoms with Gasteiger partial charge in [0, 0.05) is 16.4 Å². The van der Waals surface area contributed by atoms with Gasteiger partial charge in [0.2, 0.25) is 5.91 Å². The fraction of sp³-hybridized carbons (Fsp3) is 0.263. The first kappa shape index (κ1) is 21.0. The topological polar surface area (TPSA) is 141 Å². The number of carboxylic acid groups (broad SMARTS) is 1. The zero-order chi connectivity index (χ0) is 22.2. The number of nitrogens with zero attached hydrogens (tertiary/aromatic N) is 4. The molecule has 0 bridgehead atoms. The Labute approximate surface area is 193 Å². The molecule has 2 amide bonds. The van der Waals surface area contributed by atoms with E-state index in [2.05, 4.69) is 25.5 Å². The standard InChI is InChI=1S/C19H16N6O4S3/c26-12(4-10-2-1-3-30-10)23-13-17(27)25-14(19(28)29)9(7-32-18(13)25)6-31-16-11-5-22-24-15(11)20-8-21-16/h1-3,5,8,13,18H,4,6-7H2,(H,23,26)(H,28,29)(H,20,21,22,24)/t13?,18-/m1/s1. The molecule has 3 N–H and O–H groups in total. The van der Waals surface area contributed by atoms with Crippen molar-refractivity contribution in [3.05, 3.63) is 46.2 Å². The number of carboxylic acids is 1. The number of β-lactam (4-membered cyclic amide) rings is 1. The van der Waals surface area contributed by atoms with Gasteiger partial charge in [0.05, 0.1) is 18.0 Å². The number of carbonyl (C=O) groups is 3. The van der Waals surface area contributed by atoms with Crippen LogP contribution in [0.2, 0.25) is 0 Å². The number of rotatable bonds is 7. The van der Waals surface area contributed by atoms with Gasteiger partial charge in [0.15, 0.2) is 5.65 Å². The fourth-order valence-corrected chi connectivity index (χ4v) is 6.76. The van der Waals surface area contributed by atoms with E-state index in [0.717, 1.165) is 10.3 Å². The molecule has 5 rings (SSSR count). The van der Waals surface area contributed by atoms with Crippen molar-refractivity contribution in [2.45, 2.75) is 22.9 Å². The van der Waals surface area contributed by atoms with Crippen LogP contribution in [0.4, 0.5) is 0 Å². The third-order valence-corrected chi connectivity index (χ3v) is 8.38. The highest BCUT2D eigenvalue weighted by molar-refractivity contribution is 8.01. The molecule has 3 aromatic rings. The summed E-state index contributed by atoms with van der Waals surface area (Å²) in [4.78, 5) is 47.7. The van der Waals surface area contributed by atoms with Crippen molar-refractivity contribution in [2.75, 3.05) is 11.5 Å². The molecule has 2 atom stereocenters. The minimum atomic E-state index is -1.15. The monoisotopic (exact) mass is 488 g/mol. The Kier molecular flexibility index (Phi) is 5.61. The zero-order valence-corrected chi connectivity index (χ0v) is 18.8. The summed E-state index contributed by atoms with van der Waals surface area (Å²) < 4.78 is 0. The molecule has 2 aliphatic heterocycles. The predicted octanol–water partition coefficient (Wildman–Crippen LogP) is 1.49. The van der Waals surface area contributed by atoms with Gasteiger partial charge in [-0.25, -0.2) is 14.8 Å². The molecule has 13 heteroatoms. The van der Waals surface area contributed by atoms with E-state index >= 15 is 0 Å². The van der Waals surface area contributed by atoms with Crippen LogP contribution >= 0.6 is 34.9 Å². The number of nitrogens with one attached hydrogen (secondary N) is 2. The minimum absolute atomic E-state index is 0.00694. The summed E-state index contributed by atoms with van der Waals surface area (Å²) in [6.07, 6.45) is 3.24. The molecule has 5 heterocycles. The first-order chi connectivity index (χ1) is 15.5. The molecule has 0 saturated carbocycles. The number of thioether (sulfide) groups is 2. The van der Waals surface area contributed by atoms with Crippen LogP contribution in [0.15, 0.2) is 46.3 Å². The van der Waals surface area contributed by atoms with Crippen LogP contribution < -0.4 is 5.32 Å². The number of thiophene rings is 1. The molecular weight excluding hydrogens is 472 g/mol. The molecular formula is C19H16N6O4S3. The summed E-state index contributed by atoms with van der Waals surface area (Å²) in [5, 5.41) is 22.2. The summed E-state index contributed by atoms with van der Waals surface area (Å²) in [6.45, 7) is 0. The van der Waals surface area contributed by atoms with Crippen LogP contribution in [0, 0.1) is 0 Å². The average molecular weight is 489 g/mol. The van der Waals surface area contributed by atoms with Crippen molar-refractivity contribution in [3.8, 4) is 0 Å². The van der Waals surface area contributed by atoms with Gasteiger partial charge in [-0.3, -0.25) is 19.6 Å². The van der Waals surface area contributed by atoms with E-state index in [1.165, 1.54) is 46.1 Å². The normalized spacial score (nSPS) is 20.2. The lowest BCUT2D eigenvalue weighted by Gasteiger charge is -2.49. The Morgan fingerprint density at radius 2 is 2.25 bits per heavy atom. The highest BCUT2D eigenvalue weighted by Gasteiger charge is 2.54. The molecule has 0 aliphatic carbocycles. The number of hydrogen-bond acceptors (Lipinski definition) is 9. The highest BCUT2D eigenvalue weighted by Crippen LogP contribution is 2.41. The first-order valence-corrected chi connectivity index (χ1v) is 12.4. The lowest BCUT2D eigenvalue weighted by molar-refractivity contribution is -0.150. The van der Waals surface area contributed by atoms with Gasteiger partial charge in [-0.05, 0) is 17.0 Å². The number of aromatic nitrogens is 4. The first-order valence-electron chi connectivity index (χ1n) is 9.51. The van der Waals surface area contributed by atoms with Crippen molar-refractivity contribution < 1.29 is 19.5 Å². The molecule has 164 valence electrons. The van der Waals surface area contributed by atoms with E-state index in [1.54, 1.807) is 6.20 Å². The second-order valence-electron chi connectivity index (χ2n) is 7.07. The van der Waals surface area contributed by atoms with Gasteiger partial charge in [0.1, 0.15) is 28.5 Å². The molecule has 1 unspecified atom stereocenters. The lowest BCUT2D eigenvalue weighted by Crippen LogP contribution is -2.70. The van der Waals surface area contributed by atoms with Crippen LogP contribution in [0.25, 0.3) is 11.0 Å². The molecule has 32 heavy (non-hydrogen) atoms. The Hall–Kier alpha value is -2.90. The maximum Gasteiger partial charge on any atom is 0.352 e. The second kappa shape index (κ2) is 8.56. The van der Waals surface area contributed by atoms with Gasteiger partial charge in [-0.1, -0.05) is 6.07 Å². The van der Waals surface area contributed by atoms with Crippen LogP contribution in [0.5, 0.6) is 0 Å². The third-order valence-electron chi connectivity index (χ3n) is 5.08. The molecule has 0 radical (unpaired) electrons. The third kappa shape index (κ3) is 3.76. The van der Waals surface area contributed by atoms with Crippen molar-refractivity contribution in [1.82, 2.24) is 30.4 Å². The minimum Gasteiger partial charge on any atom is -0.477 e. The molecule has 0 spiro atoms. The van der Waals surface area contributed by atoms with Crippen molar-refractivity contribution in [3.63, 3.8) is 0 Å². The number of fused-ring (bicyclic) bond motifs is 2. The Balaban J connectivity index is 1.30. The average Bonchev–Trinajstić information content (AvgIpc) is 3.47. The van der Waals surface area contributed by atoms with Crippen molar-refractivity contribution in [1.29, 1.82) is 0 Å². The van der Waals surface area contributed by atoms with Gasteiger partial charge in [-0.15, -0.1) is 34.9 Å². The number of aliphatic carboxylic acids is 1. The quantitative estimate of drug-likeness (QED) is 0.256. The molecule has 2 aliphatic rings. The Morgan fingerprint density at radius 3 is 3.03 bits per heavy atom. The van der Waals surface area contributed by atoms with E-state index in [9.17, 15) is 19.5 Å². The maximum absolute atomic E-state index is 12.8. The predicted molar refractivity (Wildman–Crippen MR) is 120 cm³/mol. The van der Waals surface area contributed by atoms with E-state index in [1.807, 2.05) is 17.5 Å². The number of aromatic amines is 1. The molecule has 0 aromatic carbocycles. The van der Waals surface area contributed by atoms with Gasteiger partial charge >= 0.3 is 5.97 Å². The van der Waals surface area contributed by atoms with Crippen LogP contribution in [0.1, 0.15) is 4.88 Å². The van der Waals surface area contributed by atoms with Crippen molar-refractivity contribution in [2.24, 2.45) is 0 Å². The van der Waals surface area contributed by atoms with E-state index in [4.69, 9.17) is 0 Å². The Bertz CT molecular complexity index is 1240. The lowest BCUT2D eigenvalue weighted by atomic mass is 10.0. The van der Waals surface area contributed by atoms with E-state index < -0.39 is 23.3 Å². The van der Waals surface area contributed by atoms with E-state index in [-0.39, 0.29) is 18.0 Å². The van der Waals surface area contributed by atoms with Crippen LogP contribution in [0.3, 0.4) is 0 Å². The van der Waals surface area contributed by atoms with Gasteiger partial charge in [-0.2, -0.15) is 5.10 Å². The zero-order valence-electron chi connectivity index (χ0n) is 16.3. The molecule has 1 saturated heterocycles. The smallest absolute Gasteiger partial charge is 0.352 e. The molecule has 1 fully saturated rings.